The summed E-state index contributed by atoms with van der Waals surface area (Å²) in [6.45, 7) is 2.26. The maximum atomic E-state index is 12.3. The highest BCUT2D eigenvalue weighted by Crippen LogP contribution is 2.26. The second-order valence-corrected chi connectivity index (χ2v) is 7.65. The monoisotopic (exact) mass is 435 g/mol. The summed E-state index contributed by atoms with van der Waals surface area (Å²) in [6.07, 6.45) is 1.89. The van der Waals surface area contributed by atoms with Crippen LogP contribution in [0.15, 0.2) is 64.5 Å². The van der Waals surface area contributed by atoms with Gasteiger partial charge in [0.15, 0.2) is 10.8 Å². The van der Waals surface area contributed by atoms with Crippen LogP contribution in [0.3, 0.4) is 0 Å². The van der Waals surface area contributed by atoms with Crippen molar-refractivity contribution in [2.45, 2.75) is 19.9 Å². The number of carbonyl (C=O) groups is 1. The van der Waals surface area contributed by atoms with Crippen LogP contribution >= 0.6 is 11.3 Å². The number of aromatic nitrogens is 2. The summed E-state index contributed by atoms with van der Waals surface area (Å²) in [5.41, 5.74) is 1.59. The number of hydrogen-bond acceptors (Lipinski definition) is 7. The molecule has 1 amide bonds. The summed E-state index contributed by atoms with van der Waals surface area (Å²) in [7, 11) is 1.60. The number of nitrogens with zero attached hydrogens (tertiary/aromatic N) is 2. The largest absolute Gasteiger partial charge is 0.497 e. The third-order valence-electron chi connectivity index (χ3n) is 4.40. The summed E-state index contributed by atoms with van der Waals surface area (Å²) < 4.78 is 16.5. The standard InChI is InChI=1S/C23H21N3O4S/c1-15-6-8-20(29-15)23-26-17(14-31-23)10-21(27)24-12-16-7-9-22(25-13-16)30-19-5-3-4-18(11-19)28-2/h3-9,11,13-14H,10,12H2,1-2H3,(H,24,27). The first-order chi connectivity index (χ1) is 15.1. The lowest BCUT2D eigenvalue weighted by molar-refractivity contribution is -0.120. The minimum absolute atomic E-state index is 0.107. The normalized spacial score (nSPS) is 10.6. The zero-order chi connectivity index (χ0) is 21.6. The molecular formula is C23H21N3O4S. The van der Waals surface area contributed by atoms with E-state index in [4.69, 9.17) is 13.9 Å². The van der Waals surface area contributed by atoms with Gasteiger partial charge < -0.3 is 19.2 Å². The van der Waals surface area contributed by atoms with Crippen molar-refractivity contribution in [2.75, 3.05) is 7.11 Å². The fourth-order valence-corrected chi connectivity index (χ4v) is 3.62. The Kier molecular flexibility index (Phi) is 6.28. The van der Waals surface area contributed by atoms with Crippen molar-refractivity contribution in [1.82, 2.24) is 15.3 Å². The predicted molar refractivity (Wildman–Crippen MR) is 117 cm³/mol. The van der Waals surface area contributed by atoms with E-state index in [0.29, 0.717) is 29.6 Å². The molecule has 0 fully saturated rings. The third-order valence-corrected chi connectivity index (χ3v) is 5.30. The SMILES string of the molecule is COc1cccc(Oc2ccc(CNC(=O)Cc3csc(-c4ccc(C)o4)n3)cn2)c1. The molecule has 4 aromatic rings. The predicted octanol–water partition coefficient (Wildman–Crippen LogP) is 4.77. The van der Waals surface area contributed by atoms with E-state index in [-0.39, 0.29) is 12.3 Å². The van der Waals surface area contributed by atoms with E-state index in [2.05, 4.69) is 15.3 Å². The van der Waals surface area contributed by atoms with Gasteiger partial charge in [-0.1, -0.05) is 12.1 Å². The van der Waals surface area contributed by atoms with Crippen LogP contribution in [-0.4, -0.2) is 23.0 Å². The highest BCUT2D eigenvalue weighted by atomic mass is 32.1. The summed E-state index contributed by atoms with van der Waals surface area (Å²) in [5, 5.41) is 5.53. The molecule has 8 heteroatoms. The lowest BCUT2D eigenvalue weighted by atomic mass is 10.2. The maximum Gasteiger partial charge on any atom is 0.226 e. The number of rotatable bonds is 8. The molecule has 0 unspecified atom stereocenters. The number of carbonyl (C=O) groups excluding carboxylic acids is 1. The van der Waals surface area contributed by atoms with Crippen molar-refractivity contribution in [3.8, 4) is 28.1 Å². The van der Waals surface area contributed by atoms with Crippen LogP contribution in [0.5, 0.6) is 17.4 Å². The Morgan fingerprint density at radius 1 is 1.16 bits per heavy atom. The van der Waals surface area contributed by atoms with Crippen molar-refractivity contribution in [3.63, 3.8) is 0 Å². The molecule has 1 N–H and O–H groups in total. The zero-order valence-corrected chi connectivity index (χ0v) is 17.9. The lowest BCUT2D eigenvalue weighted by Gasteiger charge is -2.08. The Bertz CT molecular complexity index is 1170. The van der Waals surface area contributed by atoms with Gasteiger partial charge in [0.1, 0.15) is 17.3 Å². The summed E-state index contributed by atoms with van der Waals surface area (Å²) in [4.78, 5) is 21.1. The highest BCUT2D eigenvalue weighted by Gasteiger charge is 2.11. The van der Waals surface area contributed by atoms with E-state index in [0.717, 1.165) is 22.1 Å². The Hall–Kier alpha value is -3.65. The first-order valence-electron chi connectivity index (χ1n) is 9.64. The van der Waals surface area contributed by atoms with Crippen LogP contribution in [0.2, 0.25) is 0 Å². The number of thiazole rings is 1. The Labute approximate surface area is 183 Å². The van der Waals surface area contributed by atoms with E-state index >= 15 is 0 Å². The molecule has 0 spiro atoms. The van der Waals surface area contributed by atoms with Crippen molar-refractivity contribution in [1.29, 1.82) is 0 Å². The van der Waals surface area contributed by atoms with Crippen molar-refractivity contribution >= 4 is 17.2 Å². The summed E-state index contributed by atoms with van der Waals surface area (Å²) in [5.74, 6) is 3.26. The minimum Gasteiger partial charge on any atom is -0.497 e. The van der Waals surface area contributed by atoms with E-state index in [1.165, 1.54) is 11.3 Å². The molecule has 3 aromatic heterocycles. The van der Waals surface area contributed by atoms with Gasteiger partial charge >= 0.3 is 0 Å². The van der Waals surface area contributed by atoms with Crippen molar-refractivity contribution < 1.29 is 18.7 Å². The fourth-order valence-electron chi connectivity index (χ4n) is 2.84. The lowest BCUT2D eigenvalue weighted by Crippen LogP contribution is -2.24. The van der Waals surface area contributed by atoms with E-state index in [1.807, 2.05) is 48.7 Å². The van der Waals surface area contributed by atoms with Gasteiger partial charge in [-0.05, 0) is 36.8 Å². The molecule has 4 rings (SSSR count). The van der Waals surface area contributed by atoms with E-state index < -0.39 is 0 Å². The average Bonchev–Trinajstić information content (AvgIpc) is 3.42. The van der Waals surface area contributed by atoms with Crippen LogP contribution < -0.4 is 14.8 Å². The van der Waals surface area contributed by atoms with Gasteiger partial charge in [0.2, 0.25) is 11.8 Å². The molecule has 31 heavy (non-hydrogen) atoms. The van der Waals surface area contributed by atoms with Gasteiger partial charge in [-0.2, -0.15) is 0 Å². The van der Waals surface area contributed by atoms with Crippen LogP contribution in [-0.2, 0) is 17.8 Å². The van der Waals surface area contributed by atoms with Gasteiger partial charge in [-0.3, -0.25) is 4.79 Å². The first kappa shape index (κ1) is 20.6. The Balaban J connectivity index is 1.28. The smallest absolute Gasteiger partial charge is 0.226 e. The zero-order valence-electron chi connectivity index (χ0n) is 17.1. The van der Waals surface area contributed by atoms with Gasteiger partial charge in [-0.25, -0.2) is 9.97 Å². The van der Waals surface area contributed by atoms with Crippen LogP contribution in [0, 0.1) is 6.92 Å². The topological polar surface area (TPSA) is 86.5 Å². The molecule has 0 radical (unpaired) electrons. The van der Waals surface area contributed by atoms with Crippen LogP contribution in [0.4, 0.5) is 0 Å². The molecule has 0 saturated heterocycles. The molecule has 0 saturated carbocycles. The number of ether oxygens (including phenoxy) is 2. The van der Waals surface area contributed by atoms with Gasteiger partial charge in [-0.15, -0.1) is 11.3 Å². The second-order valence-electron chi connectivity index (χ2n) is 6.79. The quantitative estimate of drug-likeness (QED) is 0.429. The van der Waals surface area contributed by atoms with Gasteiger partial charge in [0.25, 0.3) is 0 Å². The fraction of sp³-hybridized carbons (Fsp3) is 0.174. The van der Waals surface area contributed by atoms with Crippen LogP contribution in [0.1, 0.15) is 17.0 Å². The highest BCUT2D eigenvalue weighted by molar-refractivity contribution is 7.13. The maximum absolute atomic E-state index is 12.3. The Morgan fingerprint density at radius 2 is 2.03 bits per heavy atom. The second kappa shape index (κ2) is 9.44. The number of aryl methyl sites for hydroxylation is 1. The number of amides is 1. The number of furan rings is 1. The van der Waals surface area contributed by atoms with Crippen molar-refractivity contribution in [3.05, 3.63) is 77.1 Å². The summed E-state index contributed by atoms with van der Waals surface area (Å²) >= 11 is 1.46. The van der Waals surface area contributed by atoms with Crippen molar-refractivity contribution in [2.24, 2.45) is 0 Å². The minimum atomic E-state index is -0.107. The molecule has 0 atom stereocenters. The van der Waals surface area contributed by atoms with E-state index in [1.54, 1.807) is 25.4 Å². The van der Waals surface area contributed by atoms with E-state index in [9.17, 15) is 4.79 Å². The Morgan fingerprint density at radius 3 is 2.77 bits per heavy atom. The number of benzene rings is 1. The molecule has 3 heterocycles. The third kappa shape index (κ3) is 5.49. The molecule has 0 aliphatic heterocycles. The summed E-state index contributed by atoms with van der Waals surface area (Å²) in [6, 6.07) is 14.7. The van der Waals surface area contributed by atoms with Crippen LogP contribution in [0.25, 0.3) is 10.8 Å². The molecule has 1 aromatic carbocycles. The number of methoxy groups -OCH3 is 1. The average molecular weight is 436 g/mol. The molecule has 0 aliphatic rings. The first-order valence-corrected chi connectivity index (χ1v) is 10.5. The van der Waals surface area contributed by atoms with Gasteiger partial charge in [0.05, 0.1) is 19.2 Å². The molecule has 7 nitrogen and oxygen atoms in total. The number of pyridine rings is 1. The molecular weight excluding hydrogens is 414 g/mol. The molecule has 158 valence electrons. The molecule has 0 bridgehead atoms. The number of nitrogens with one attached hydrogen (secondary N) is 1. The van der Waals surface area contributed by atoms with Gasteiger partial charge in [0, 0.05) is 30.3 Å². The number of hydrogen-bond donors (Lipinski definition) is 1. The molecule has 0 aliphatic carbocycles.